The van der Waals surface area contributed by atoms with Gasteiger partial charge in [-0.05, 0) is 42.8 Å². The normalized spacial score (nSPS) is 17.8. The van der Waals surface area contributed by atoms with Crippen LogP contribution in [0.1, 0.15) is 31.9 Å². The molecule has 1 saturated heterocycles. The summed E-state index contributed by atoms with van der Waals surface area (Å²) in [6, 6.07) is 13.3. The average molecular weight is 393 g/mol. The Morgan fingerprint density at radius 1 is 1.23 bits per heavy atom. The molecular weight excluding hydrogens is 371 g/mol. The first-order valence-corrected chi connectivity index (χ1v) is 9.41. The predicted molar refractivity (Wildman–Crippen MR) is 106 cm³/mol. The van der Waals surface area contributed by atoms with Gasteiger partial charge in [0.25, 0.3) is 0 Å². The summed E-state index contributed by atoms with van der Waals surface area (Å²) in [7, 11) is 0. The number of nitrogens with one attached hydrogen (secondary N) is 1. The monoisotopic (exact) mass is 392 g/mol. The Morgan fingerprint density at radius 2 is 1.96 bits per heavy atom. The first-order valence-electron chi connectivity index (χ1n) is 8.66. The summed E-state index contributed by atoms with van der Waals surface area (Å²) in [4.78, 5) is 13.4. The van der Waals surface area contributed by atoms with Crippen LogP contribution in [-0.2, 0) is 4.79 Å². The van der Waals surface area contributed by atoms with Crippen LogP contribution in [-0.4, -0.2) is 25.1 Å². The highest BCUT2D eigenvalue weighted by Gasteiger charge is 2.25. The van der Waals surface area contributed by atoms with Gasteiger partial charge in [0.1, 0.15) is 11.9 Å². The van der Waals surface area contributed by atoms with Crippen LogP contribution in [0.5, 0.6) is 5.75 Å². The topological polar surface area (TPSA) is 41.6 Å². The molecule has 4 nitrogen and oxygen atoms in total. The number of benzene rings is 2. The number of carbonyl (C=O) groups is 1. The minimum Gasteiger partial charge on any atom is -0.489 e. The summed E-state index contributed by atoms with van der Waals surface area (Å²) in [6.45, 7) is 5.12. The van der Waals surface area contributed by atoms with Crippen LogP contribution in [0, 0.1) is 0 Å². The number of rotatable bonds is 5. The van der Waals surface area contributed by atoms with Crippen LogP contribution in [0.25, 0.3) is 0 Å². The maximum absolute atomic E-state index is 11.2. The van der Waals surface area contributed by atoms with Crippen molar-refractivity contribution >= 4 is 34.8 Å². The second kappa shape index (κ2) is 8.19. The molecular formula is C20H22Cl2N2O2. The van der Waals surface area contributed by atoms with Crippen LogP contribution >= 0.6 is 23.2 Å². The molecule has 0 bridgehead atoms. The van der Waals surface area contributed by atoms with Crippen LogP contribution in [0.15, 0.2) is 42.5 Å². The Kier molecular flexibility index (Phi) is 5.94. The summed E-state index contributed by atoms with van der Waals surface area (Å²) in [6.07, 6.45) is 1.02. The average Bonchev–Trinajstić information content (AvgIpc) is 3.05. The molecule has 2 aromatic rings. The third-order valence-electron chi connectivity index (χ3n) is 4.50. The van der Waals surface area contributed by atoms with Crippen molar-refractivity contribution in [2.45, 2.75) is 32.4 Å². The molecule has 1 fully saturated rings. The number of halogens is 2. The summed E-state index contributed by atoms with van der Waals surface area (Å²) >= 11 is 12.4. The van der Waals surface area contributed by atoms with E-state index in [1.807, 2.05) is 43.3 Å². The van der Waals surface area contributed by atoms with Crippen molar-refractivity contribution in [1.29, 1.82) is 0 Å². The second-order valence-electron chi connectivity index (χ2n) is 6.56. The lowest BCUT2D eigenvalue weighted by atomic mass is 10.1. The van der Waals surface area contributed by atoms with Crippen molar-refractivity contribution in [2.75, 3.05) is 18.0 Å². The lowest BCUT2D eigenvalue weighted by Gasteiger charge is -2.21. The maximum Gasteiger partial charge on any atom is 0.217 e. The molecule has 138 valence electrons. The fourth-order valence-electron chi connectivity index (χ4n) is 3.19. The van der Waals surface area contributed by atoms with Gasteiger partial charge in [0, 0.05) is 24.9 Å². The Hall–Kier alpha value is -1.91. The number of amides is 1. The molecule has 0 spiro atoms. The summed E-state index contributed by atoms with van der Waals surface area (Å²) in [5, 5.41) is 4.25. The van der Waals surface area contributed by atoms with E-state index < -0.39 is 0 Å². The fraction of sp³-hybridized carbons (Fsp3) is 0.350. The lowest BCUT2D eigenvalue weighted by molar-refractivity contribution is -0.119. The molecule has 1 N–H and O–H groups in total. The highest BCUT2D eigenvalue weighted by molar-refractivity contribution is 6.35. The zero-order valence-electron chi connectivity index (χ0n) is 14.8. The Morgan fingerprint density at radius 3 is 2.65 bits per heavy atom. The van der Waals surface area contributed by atoms with Crippen molar-refractivity contribution < 1.29 is 9.53 Å². The molecule has 26 heavy (non-hydrogen) atoms. The molecule has 0 saturated carbocycles. The molecule has 0 aromatic heterocycles. The van der Waals surface area contributed by atoms with Gasteiger partial charge in [-0.1, -0.05) is 35.3 Å². The number of hydrogen-bond acceptors (Lipinski definition) is 3. The zero-order valence-corrected chi connectivity index (χ0v) is 16.3. The summed E-state index contributed by atoms with van der Waals surface area (Å²) < 4.78 is 6.11. The number of hydrogen-bond donors (Lipinski definition) is 1. The lowest BCUT2D eigenvalue weighted by Crippen LogP contribution is -2.25. The van der Waals surface area contributed by atoms with Gasteiger partial charge in [-0.15, -0.1) is 0 Å². The van der Waals surface area contributed by atoms with E-state index in [4.69, 9.17) is 27.9 Å². The third kappa shape index (κ3) is 4.63. The molecule has 1 aliphatic heterocycles. The van der Waals surface area contributed by atoms with Crippen LogP contribution < -0.4 is 15.0 Å². The first-order chi connectivity index (χ1) is 12.4. The Balaban J connectivity index is 1.60. The molecule has 6 heteroatoms. The van der Waals surface area contributed by atoms with Gasteiger partial charge < -0.3 is 15.0 Å². The van der Waals surface area contributed by atoms with E-state index in [0.29, 0.717) is 10.0 Å². The number of anilines is 1. The minimum absolute atomic E-state index is 0.0199. The highest BCUT2D eigenvalue weighted by Crippen LogP contribution is 2.32. The standard InChI is InChI=1S/C20H22Cl2N2O2/c1-13(23-14(2)25)15-3-6-17(7-4-15)26-18-9-10-24(12-18)20-11-16(21)5-8-19(20)22/h3-8,11,13,18H,9-10,12H2,1-2H3,(H,23,25). The quantitative estimate of drug-likeness (QED) is 0.790. The second-order valence-corrected chi connectivity index (χ2v) is 7.41. The third-order valence-corrected chi connectivity index (χ3v) is 5.05. The van der Waals surface area contributed by atoms with Crippen molar-refractivity contribution in [1.82, 2.24) is 5.32 Å². The fourth-order valence-corrected chi connectivity index (χ4v) is 3.59. The van der Waals surface area contributed by atoms with Gasteiger partial charge in [-0.3, -0.25) is 4.79 Å². The molecule has 2 atom stereocenters. The molecule has 1 heterocycles. The van der Waals surface area contributed by atoms with E-state index in [-0.39, 0.29) is 18.1 Å². The van der Waals surface area contributed by atoms with E-state index in [1.54, 1.807) is 6.07 Å². The summed E-state index contributed by atoms with van der Waals surface area (Å²) in [5.41, 5.74) is 2.00. The van der Waals surface area contributed by atoms with Gasteiger partial charge in [0.05, 0.1) is 23.3 Å². The summed E-state index contributed by atoms with van der Waals surface area (Å²) in [5.74, 6) is 0.788. The molecule has 1 amide bonds. The largest absolute Gasteiger partial charge is 0.489 e. The Labute approximate surface area is 164 Å². The molecule has 0 aliphatic carbocycles. The van der Waals surface area contributed by atoms with Crippen LogP contribution in [0.3, 0.4) is 0 Å². The van der Waals surface area contributed by atoms with E-state index in [9.17, 15) is 4.79 Å². The van der Waals surface area contributed by atoms with E-state index in [0.717, 1.165) is 36.5 Å². The number of ether oxygens (including phenoxy) is 1. The van der Waals surface area contributed by atoms with Crippen molar-refractivity contribution in [3.63, 3.8) is 0 Å². The van der Waals surface area contributed by atoms with Gasteiger partial charge in [-0.2, -0.15) is 0 Å². The van der Waals surface area contributed by atoms with Gasteiger partial charge in [-0.25, -0.2) is 0 Å². The molecule has 2 aromatic carbocycles. The SMILES string of the molecule is CC(=O)NC(C)c1ccc(OC2CCN(c3cc(Cl)ccc3Cl)C2)cc1. The molecule has 0 radical (unpaired) electrons. The maximum atomic E-state index is 11.2. The van der Waals surface area contributed by atoms with Crippen molar-refractivity contribution in [2.24, 2.45) is 0 Å². The first kappa shape index (κ1) is 18.9. The molecule has 3 rings (SSSR count). The van der Waals surface area contributed by atoms with Gasteiger partial charge in [0.2, 0.25) is 5.91 Å². The number of carbonyl (C=O) groups excluding carboxylic acids is 1. The minimum atomic E-state index is -0.0384. The highest BCUT2D eigenvalue weighted by atomic mass is 35.5. The van der Waals surface area contributed by atoms with E-state index >= 15 is 0 Å². The van der Waals surface area contributed by atoms with E-state index in [1.165, 1.54) is 6.92 Å². The van der Waals surface area contributed by atoms with E-state index in [2.05, 4.69) is 10.2 Å². The zero-order chi connectivity index (χ0) is 18.7. The van der Waals surface area contributed by atoms with Crippen LogP contribution in [0.2, 0.25) is 10.0 Å². The van der Waals surface area contributed by atoms with Gasteiger partial charge in [0.15, 0.2) is 0 Å². The predicted octanol–water partition coefficient (Wildman–Crippen LogP) is 4.85. The van der Waals surface area contributed by atoms with Crippen molar-refractivity contribution in [3.05, 3.63) is 58.1 Å². The van der Waals surface area contributed by atoms with Crippen LogP contribution in [0.4, 0.5) is 5.69 Å². The molecule has 2 unspecified atom stereocenters. The van der Waals surface area contributed by atoms with Gasteiger partial charge >= 0.3 is 0 Å². The Bertz CT molecular complexity index is 780. The smallest absolute Gasteiger partial charge is 0.217 e. The van der Waals surface area contributed by atoms with Crippen molar-refractivity contribution in [3.8, 4) is 5.75 Å². The number of nitrogens with zero attached hydrogens (tertiary/aromatic N) is 1. The molecule has 1 aliphatic rings.